The topological polar surface area (TPSA) is 57.6 Å². The van der Waals surface area contributed by atoms with Crippen molar-refractivity contribution in [3.63, 3.8) is 0 Å². The first-order valence-corrected chi connectivity index (χ1v) is 8.07. The smallest absolute Gasteiger partial charge is 0.307 e. The van der Waals surface area contributed by atoms with E-state index in [2.05, 4.69) is 11.4 Å². The van der Waals surface area contributed by atoms with Crippen LogP contribution in [0.5, 0.6) is 0 Å². The van der Waals surface area contributed by atoms with E-state index in [1.54, 1.807) is 11.3 Å². The number of carboxylic acids is 1. The van der Waals surface area contributed by atoms with Gasteiger partial charge in [0.15, 0.2) is 0 Å². The summed E-state index contributed by atoms with van der Waals surface area (Å²) in [5, 5.41) is 11.3. The number of carbonyl (C=O) groups excluding carboxylic acids is 1. The number of thiophene rings is 1. The molecule has 1 saturated carbocycles. The van der Waals surface area contributed by atoms with E-state index >= 15 is 0 Å². The Kier molecular flexibility index (Phi) is 3.54. The van der Waals surface area contributed by atoms with E-state index in [4.69, 9.17) is 0 Å². The number of nitrogens with zero attached hydrogens (tertiary/aromatic N) is 1. The first-order chi connectivity index (χ1) is 9.59. The maximum Gasteiger partial charge on any atom is 0.307 e. The molecule has 1 aromatic rings. The summed E-state index contributed by atoms with van der Waals surface area (Å²) in [5.74, 6) is -1.59. The molecule has 1 aromatic heterocycles. The Labute approximate surface area is 122 Å². The van der Waals surface area contributed by atoms with Gasteiger partial charge in [-0.25, -0.2) is 0 Å². The van der Waals surface area contributed by atoms with Gasteiger partial charge in [-0.2, -0.15) is 0 Å². The molecule has 0 radical (unpaired) electrons. The number of carbonyl (C=O) groups is 2. The van der Waals surface area contributed by atoms with Crippen molar-refractivity contribution in [3.8, 4) is 0 Å². The Morgan fingerprint density at radius 2 is 2.10 bits per heavy atom. The second-order valence-corrected chi connectivity index (χ2v) is 6.74. The summed E-state index contributed by atoms with van der Waals surface area (Å²) in [6, 6.07) is 2.17. The van der Waals surface area contributed by atoms with Gasteiger partial charge < -0.3 is 10.0 Å². The summed E-state index contributed by atoms with van der Waals surface area (Å²) >= 11 is 1.75. The van der Waals surface area contributed by atoms with Crippen LogP contribution in [0.4, 0.5) is 0 Å². The number of amides is 1. The summed E-state index contributed by atoms with van der Waals surface area (Å²) in [6.45, 7) is 2.77. The van der Waals surface area contributed by atoms with E-state index in [1.165, 1.54) is 10.4 Å². The lowest BCUT2D eigenvalue weighted by atomic mass is 9.92. The molecule has 0 spiro atoms. The van der Waals surface area contributed by atoms with E-state index in [1.807, 2.05) is 11.8 Å². The highest BCUT2D eigenvalue weighted by Crippen LogP contribution is 2.38. The van der Waals surface area contributed by atoms with Crippen LogP contribution in [-0.4, -0.2) is 28.4 Å². The highest BCUT2D eigenvalue weighted by Gasteiger charge is 2.41. The molecular weight excluding hydrogens is 274 g/mol. The fourth-order valence-corrected chi connectivity index (χ4v) is 4.54. The first-order valence-electron chi connectivity index (χ1n) is 7.19. The molecule has 2 aliphatic rings. The molecule has 1 N–H and O–H groups in total. The molecule has 0 bridgehead atoms. The fourth-order valence-electron chi connectivity index (χ4n) is 3.57. The van der Waals surface area contributed by atoms with E-state index < -0.39 is 11.9 Å². The Morgan fingerprint density at radius 3 is 2.85 bits per heavy atom. The maximum absolute atomic E-state index is 12.7. The van der Waals surface area contributed by atoms with Gasteiger partial charge in [0.1, 0.15) is 0 Å². The zero-order valence-electron chi connectivity index (χ0n) is 11.5. The third kappa shape index (κ3) is 2.14. The third-order valence-electron chi connectivity index (χ3n) is 4.71. The third-order valence-corrected chi connectivity index (χ3v) is 5.71. The average molecular weight is 293 g/mol. The molecule has 0 saturated heterocycles. The maximum atomic E-state index is 12.7. The van der Waals surface area contributed by atoms with Crippen molar-refractivity contribution in [3.05, 3.63) is 21.9 Å². The molecular formula is C15H19NO3S. The lowest BCUT2D eigenvalue weighted by Crippen LogP contribution is -2.43. The van der Waals surface area contributed by atoms with E-state index in [9.17, 15) is 14.7 Å². The summed E-state index contributed by atoms with van der Waals surface area (Å²) in [4.78, 5) is 27.2. The molecule has 3 atom stereocenters. The van der Waals surface area contributed by atoms with Crippen molar-refractivity contribution < 1.29 is 14.7 Å². The molecule has 1 aliphatic heterocycles. The summed E-state index contributed by atoms with van der Waals surface area (Å²) in [6.07, 6.45) is 3.10. The first kappa shape index (κ1) is 13.6. The monoisotopic (exact) mass is 293 g/mol. The van der Waals surface area contributed by atoms with Crippen molar-refractivity contribution in [2.24, 2.45) is 11.8 Å². The van der Waals surface area contributed by atoms with Crippen LogP contribution >= 0.6 is 11.3 Å². The lowest BCUT2D eigenvalue weighted by Gasteiger charge is -2.36. The molecule has 3 unspecified atom stereocenters. The molecule has 2 heterocycles. The quantitative estimate of drug-likeness (QED) is 0.912. The van der Waals surface area contributed by atoms with Crippen molar-refractivity contribution in [1.82, 2.24) is 4.90 Å². The Hall–Kier alpha value is -1.36. The Morgan fingerprint density at radius 1 is 1.35 bits per heavy atom. The number of carboxylic acid groups (broad SMARTS) is 1. The van der Waals surface area contributed by atoms with Crippen LogP contribution in [0.2, 0.25) is 0 Å². The number of hydrogen-bond acceptors (Lipinski definition) is 3. The zero-order chi connectivity index (χ0) is 14.3. The molecule has 1 fully saturated rings. The van der Waals surface area contributed by atoms with Crippen LogP contribution in [0.3, 0.4) is 0 Å². The van der Waals surface area contributed by atoms with Gasteiger partial charge in [0, 0.05) is 11.4 Å². The van der Waals surface area contributed by atoms with Crippen LogP contribution in [-0.2, 0) is 16.0 Å². The Bertz CT molecular complexity index is 539. The van der Waals surface area contributed by atoms with E-state index in [0.717, 1.165) is 25.8 Å². The molecule has 0 aromatic carbocycles. The number of rotatable bonds is 2. The summed E-state index contributed by atoms with van der Waals surface area (Å²) in [7, 11) is 0. The molecule has 108 valence electrons. The molecule has 3 rings (SSSR count). The summed E-state index contributed by atoms with van der Waals surface area (Å²) in [5.41, 5.74) is 1.24. The van der Waals surface area contributed by atoms with Crippen molar-refractivity contribution >= 4 is 23.2 Å². The second-order valence-electron chi connectivity index (χ2n) is 5.74. The Balaban J connectivity index is 1.80. The normalized spacial score (nSPS) is 29.2. The van der Waals surface area contributed by atoms with Crippen LogP contribution in [0.25, 0.3) is 0 Å². The SMILES string of the molecule is CC1c2ccsc2CCN1C(=O)C1CCCC1C(=O)O. The predicted octanol–water partition coefficient (Wildman–Crippen LogP) is 2.69. The van der Waals surface area contributed by atoms with Gasteiger partial charge in [-0.3, -0.25) is 9.59 Å². The van der Waals surface area contributed by atoms with Gasteiger partial charge in [-0.15, -0.1) is 11.3 Å². The number of fused-ring (bicyclic) bond motifs is 1. The van der Waals surface area contributed by atoms with E-state index in [-0.39, 0.29) is 17.9 Å². The molecule has 5 heteroatoms. The molecule has 1 aliphatic carbocycles. The van der Waals surface area contributed by atoms with Crippen LogP contribution < -0.4 is 0 Å². The van der Waals surface area contributed by atoms with Crippen molar-refractivity contribution in [1.29, 1.82) is 0 Å². The minimum Gasteiger partial charge on any atom is -0.481 e. The largest absolute Gasteiger partial charge is 0.481 e. The average Bonchev–Trinajstić information content (AvgIpc) is 3.07. The van der Waals surface area contributed by atoms with Gasteiger partial charge in [0.25, 0.3) is 0 Å². The van der Waals surface area contributed by atoms with E-state index in [0.29, 0.717) is 6.42 Å². The molecule has 4 nitrogen and oxygen atoms in total. The standard InChI is InChI=1S/C15H19NO3S/c1-9-10-6-8-20-13(10)5-7-16(9)14(17)11-3-2-4-12(11)15(18)19/h6,8-9,11-12H,2-5,7H2,1H3,(H,18,19). The molecule has 1 amide bonds. The minimum absolute atomic E-state index is 0.0410. The highest BCUT2D eigenvalue weighted by atomic mass is 32.1. The van der Waals surface area contributed by atoms with Gasteiger partial charge in [0.05, 0.1) is 17.9 Å². The van der Waals surface area contributed by atoms with Gasteiger partial charge >= 0.3 is 5.97 Å². The number of hydrogen-bond donors (Lipinski definition) is 1. The van der Waals surface area contributed by atoms with Gasteiger partial charge in [0.2, 0.25) is 5.91 Å². The minimum atomic E-state index is -0.818. The van der Waals surface area contributed by atoms with Crippen LogP contribution in [0.1, 0.15) is 42.7 Å². The second kappa shape index (κ2) is 5.20. The number of aliphatic carboxylic acids is 1. The van der Waals surface area contributed by atoms with Crippen molar-refractivity contribution in [2.75, 3.05) is 6.54 Å². The van der Waals surface area contributed by atoms with Crippen LogP contribution in [0.15, 0.2) is 11.4 Å². The van der Waals surface area contributed by atoms with Crippen LogP contribution in [0, 0.1) is 11.8 Å². The van der Waals surface area contributed by atoms with Gasteiger partial charge in [-0.1, -0.05) is 6.42 Å². The van der Waals surface area contributed by atoms with Gasteiger partial charge in [-0.05, 0) is 43.2 Å². The lowest BCUT2D eigenvalue weighted by molar-refractivity contribution is -0.150. The van der Waals surface area contributed by atoms with Crippen molar-refractivity contribution in [2.45, 2.75) is 38.6 Å². The fraction of sp³-hybridized carbons (Fsp3) is 0.600. The highest BCUT2D eigenvalue weighted by molar-refractivity contribution is 7.10. The summed E-state index contributed by atoms with van der Waals surface area (Å²) < 4.78 is 0. The predicted molar refractivity (Wildman–Crippen MR) is 76.6 cm³/mol. The molecule has 20 heavy (non-hydrogen) atoms. The zero-order valence-corrected chi connectivity index (χ0v) is 12.4.